The second-order valence-corrected chi connectivity index (χ2v) is 6.39. The van der Waals surface area contributed by atoms with E-state index < -0.39 is 43.2 Å². The van der Waals surface area contributed by atoms with Gasteiger partial charge in [0, 0.05) is 17.9 Å². The number of rotatable bonds is 3. The van der Waals surface area contributed by atoms with Crippen molar-refractivity contribution in [2.24, 2.45) is 5.92 Å². The minimum atomic E-state index is -1.60. The van der Waals surface area contributed by atoms with Gasteiger partial charge in [-0.2, -0.15) is 0 Å². The fourth-order valence-electron chi connectivity index (χ4n) is 3.15. The van der Waals surface area contributed by atoms with Crippen molar-refractivity contribution in [3.63, 3.8) is 0 Å². The topological polar surface area (TPSA) is 134 Å². The highest BCUT2D eigenvalue weighted by atomic mass is 16.7. The van der Waals surface area contributed by atoms with E-state index in [4.69, 9.17) is 9.47 Å². The predicted octanol–water partition coefficient (Wildman–Crippen LogP) is -0.730. The van der Waals surface area contributed by atoms with Crippen molar-refractivity contribution >= 4 is 11.6 Å². The maximum absolute atomic E-state index is 12.4. The van der Waals surface area contributed by atoms with E-state index in [0.29, 0.717) is 0 Å². The van der Waals surface area contributed by atoms with Gasteiger partial charge in [0.15, 0.2) is 11.6 Å². The van der Waals surface area contributed by atoms with Gasteiger partial charge in [0.2, 0.25) is 6.29 Å². The minimum Gasteiger partial charge on any atom is -0.461 e. The second kappa shape index (κ2) is 6.81. The van der Waals surface area contributed by atoms with Crippen molar-refractivity contribution in [1.82, 2.24) is 0 Å². The minimum absolute atomic E-state index is 0.0482. The van der Waals surface area contributed by atoms with E-state index in [1.54, 1.807) is 13.0 Å². The standard InChI is InChI=1S/C17H20O8/c1-7-5-9(19)12-8(13(7)20)3-2-4-10(12)24-17-16(23)15(22)14(21)11(6-18)25-17/h2-4,7,11,14-18,21-23H,5-6H2,1H3/t7-,11-,14+,15-,16-,17+/m0/s1. The van der Waals surface area contributed by atoms with Crippen LogP contribution in [0.2, 0.25) is 0 Å². The molecule has 1 aromatic rings. The van der Waals surface area contributed by atoms with Gasteiger partial charge >= 0.3 is 0 Å². The van der Waals surface area contributed by atoms with Gasteiger partial charge in [-0.05, 0) is 6.07 Å². The molecule has 0 bridgehead atoms. The first-order chi connectivity index (χ1) is 11.8. The number of benzene rings is 1. The van der Waals surface area contributed by atoms with Crippen LogP contribution in [-0.4, -0.2) is 69.3 Å². The molecule has 3 rings (SSSR count). The van der Waals surface area contributed by atoms with Crippen LogP contribution < -0.4 is 4.74 Å². The summed E-state index contributed by atoms with van der Waals surface area (Å²) in [5.41, 5.74) is 0.355. The zero-order valence-electron chi connectivity index (χ0n) is 13.5. The summed E-state index contributed by atoms with van der Waals surface area (Å²) in [5.74, 6) is -0.800. The number of carbonyl (C=O) groups is 2. The molecule has 8 heteroatoms. The molecule has 2 aliphatic rings. The van der Waals surface area contributed by atoms with Gasteiger partial charge in [0.1, 0.15) is 30.2 Å². The molecular weight excluding hydrogens is 332 g/mol. The van der Waals surface area contributed by atoms with Crippen LogP contribution in [0.15, 0.2) is 18.2 Å². The Labute approximate surface area is 143 Å². The number of carbonyl (C=O) groups excluding carboxylic acids is 2. The maximum Gasteiger partial charge on any atom is 0.229 e. The molecule has 25 heavy (non-hydrogen) atoms. The first-order valence-corrected chi connectivity index (χ1v) is 8.02. The summed E-state index contributed by atoms with van der Waals surface area (Å²) in [6.45, 7) is 1.08. The molecule has 0 radical (unpaired) electrons. The third kappa shape index (κ3) is 3.07. The average Bonchev–Trinajstić information content (AvgIpc) is 2.60. The van der Waals surface area contributed by atoms with Crippen LogP contribution >= 0.6 is 0 Å². The highest BCUT2D eigenvalue weighted by Crippen LogP contribution is 2.34. The SMILES string of the molecule is C[C@H]1CC(=O)c2c(O[C@@H]3O[C@@H](CO)[C@@H](O)[C@H](O)[C@@H]3O)cccc2C1=O. The van der Waals surface area contributed by atoms with Crippen LogP contribution in [-0.2, 0) is 4.74 Å². The molecule has 6 atom stereocenters. The molecule has 1 saturated heterocycles. The summed E-state index contributed by atoms with van der Waals surface area (Å²) in [4.78, 5) is 24.6. The van der Waals surface area contributed by atoms with Gasteiger partial charge in [-0.15, -0.1) is 0 Å². The lowest BCUT2D eigenvalue weighted by Gasteiger charge is -2.39. The van der Waals surface area contributed by atoms with Gasteiger partial charge in [0.05, 0.1) is 12.2 Å². The van der Waals surface area contributed by atoms with Gasteiger partial charge in [-0.25, -0.2) is 0 Å². The predicted molar refractivity (Wildman–Crippen MR) is 83.3 cm³/mol. The van der Waals surface area contributed by atoms with Gasteiger partial charge in [-0.3, -0.25) is 9.59 Å². The summed E-state index contributed by atoms with van der Waals surface area (Å²) in [5, 5.41) is 38.9. The normalized spacial score (nSPS) is 35.4. The van der Waals surface area contributed by atoms with Crippen LogP contribution in [0.1, 0.15) is 34.1 Å². The van der Waals surface area contributed by atoms with Crippen molar-refractivity contribution in [1.29, 1.82) is 0 Å². The molecule has 4 N–H and O–H groups in total. The molecule has 1 fully saturated rings. The monoisotopic (exact) mass is 352 g/mol. The number of aliphatic hydroxyl groups excluding tert-OH is 4. The Morgan fingerprint density at radius 2 is 1.88 bits per heavy atom. The molecular formula is C17H20O8. The molecule has 0 saturated carbocycles. The third-order valence-electron chi connectivity index (χ3n) is 4.60. The zero-order chi connectivity index (χ0) is 18.3. The lowest BCUT2D eigenvalue weighted by atomic mass is 9.82. The van der Waals surface area contributed by atoms with Crippen molar-refractivity contribution in [2.45, 2.75) is 44.1 Å². The van der Waals surface area contributed by atoms with Crippen molar-refractivity contribution in [3.05, 3.63) is 29.3 Å². The average molecular weight is 352 g/mol. The van der Waals surface area contributed by atoms with Gasteiger partial charge in [-0.1, -0.05) is 19.1 Å². The second-order valence-electron chi connectivity index (χ2n) is 6.39. The van der Waals surface area contributed by atoms with E-state index in [1.165, 1.54) is 12.1 Å². The summed E-state index contributed by atoms with van der Waals surface area (Å²) >= 11 is 0. The Hall–Kier alpha value is -1.84. The molecule has 1 aromatic carbocycles. The first-order valence-electron chi connectivity index (χ1n) is 8.02. The molecule has 1 aliphatic heterocycles. The van der Waals surface area contributed by atoms with E-state index in [9.17, 15) is 30.0 Å². The van der Waals surface area contributed by atoms with Gasteiger partial charge < -0.3 is 29.9 Å². The fourth-order valence-corrected chi connectivity index (χ4v) is 3.15. The molecule has 8 nitrogen and oxygen atoms in total. The number of ketones is 2. The molecule has 1 heterocycles. The quantitative estimate of drug-likeness (QED) is 0.559. The van der Waals surface area contributed by atoms with Crippen LogP contribution in [0.25, 0.3) is 0 Å². The Morgan fingerprint density at radius 1 is 1.16 bits per heavy atom. The molecule has 0 unspecified atom stereocenters. The van der Waals surface area contributed by atoms with E-state index in [-0.39, 0.29) is 34.9 Å². The van der Waals surface area contributed by atoms with Crippen LogP contribution in [0.3, 0.4) is 0 Å². The highest BCUT2D eigenvalue weighted by Gasteiger charge is 2.45. The van der Waals surface area contributed by atoms with Crippen LogP contribution in [0.5, 0.6) is 5.75 Å². The molecule has 1 aliphatic carbocycles. The van der Waals surface area contributed by atoms with Crippen molar-refractivity contribution in [2.75, 3.05) is 6.61 Å². The smallest absolute Gasteiger partial charge is 0.229 e. The zero-order valence-corrected chi connectivity index (χ0v) is 13.5. The fraction of sp³-hybridized carbons (Fsp3) is 0.529. The first kappa shape index (κ1) is 18.0. The molecule has 0 spiro atoms. The Kier molecular flexibility index (Phi) is 4.90. The highest BCUT2D eigenvalue weighted by molar-refractivity contribution is 6.16. The number of fused-ring (bicyclic) bond motifs is 1. The lowest BCUT2D eigenvalue weighted by molar-refractivity contribution is -0.277. The largest absolute Gasteiger partial charge is 0.461 e. The Balaban J connectivity index is 1.91. The Bertz CT molecular complexity index is 685. The number of aliphatic hydroxyl groups is 4. The number of hydrogen-bond donors (Lipinski definition) is 4. The molecule has 0 aromatic heterocycles. The van der Waals surface area contributed by atoms with E-state index >= 15 is 0 Å². The van der Waals surface area contributed by atoms with Crippen molar-refractivity contribution < 1.29 is 39.5 Å². The third-order valence-corrected chi connectivity index (χ3v) is 4.60. The summed E-state index contributed by atoms with van der Waals surface area (Å²) in [6, 6.07) is 4.54. The molecule has 136 valence electrons. The van der Waals surface area contributed by atoms with Crippen LogP contribution in [0, 0.1) is 5.92 Å². The number of hydrogen-bond acceptors (Lipinski definition) is 8. The van der Waals surface area contributed by atoms with Gasteiger partial charge in [0.25, 0.3) is 0 Å². The summed E-state index contributed by atoms with van der Waals surface area (Å²) in [6.07, 6.45) is -7.17. The van der Waals surface area contributed by atoms with Crippen molar-refractivity contribution in [3.8, 4) is 5.75 Å². The maximum atomic E-state index is 12.4. The lowest BCUT2D eigenvalue weighted by Crippen LogP contribution is -2.60. The van der Waals surface area contributed by atoms with Crippen LogP contribution in [0.4, 0.5) is 0 Å². The number of Topliss-reactive ketones (excluding diaryl/α,β-unsaturated/α-hetero) is 2. The van der Waals surface area contributed by atoms with E-state index in [1.807, 2.05) is 0 Å². The Morgan fingerprint density at radius 3 is 2.56 bits per heavy atom. The summed E-state index contributed by atoms with van der Waals surface area (Å²) in [7, 11) is 0. The summed E-state index contributed by atoms with van der Waals surface area (Å²) < 4.78 is 10.8. The molecule has 0 amide bonds. The van der Waals surface area contributed by atoms with E-state index in [2.05, 4.69) is 0 Å². The van der Waals surface area contributed by atoms with E-state index in [0.717, 1.165) is 0 Å². The number of ether oxygens (including phenoxy) is 2.